The molecule has 0 atom stereocenters. The molecule has 0 unspecified atom stereocenters. The van der Waals surface area contributed by atoms with Crippen molar-refractivity contribution < 1.29 is 8.83 Å². The first-order chi connectivity index (χ1) is 53.2. The molecule has 0 fully saturated rings. The monoisotopic (exact) mass is 1420 g/mol. The number of hydrogen-bond acceptors (Lipinski definition) is 4. The van der Waals surface area contributed by atoms with Crippen LogP contribution in [0.1, 0.15) is 22.3 Å². The average molecular weight is 1420 g/mol. The van der Waals surface area contributed by atoms with E-state index in [2.05, 4.69) is 361 Å². The molecule has 0 bridgehead atoms. The number of aryl methyl sites for hydroxylation is 4. The lowest BCUT2D eigenvalue weighted by Gasteiger charge is -2.08. The normalized spacial score (nSPS) is 11.9. The Balaban J connectivity index is 0.0000000919. The molecule has 24 aromatic rings. The molecule has 6 nitrogen and oxygen atoms in total. The number of nitrogens with zero attached hydrogens (tertiary/aromatic N) is 4. The Morgan fingerprint density at radius 3 is 0.861 bits per heavy atom. The molecular formula is C100H68N4O2S2. The molecule has 0 aliphatic rings. The summed E-state index contributed by atoms with van der Waals surface area (Å²) in [4.78, 5) is 0. The highest BCUT2D eigenvalue weighted by molar-refractivity contribution is 7.26. The fourth-order valence-electron chi connectivity index (χ4n) is 17.1. The van der Waals surface area contributed by atoms with Gasteiger partial charge in [0.25, 0.3) is 0 Å². The molecule has 512 valence electrons. The average Bonchev–Trinajstić information content (AvgIpc) is 1.58. The minimum Gasteiger partial charge on any atom is -0.456 e. The van der Waals surface area contributed by atoms with Gasteiger partial charge in [0.2, 0.25) is 0 Å². The van der Waals surface area contributed by atoms with Crippen LogP contribution in [0.2, 0.25) is 0 Å². The van der Waals surface area contributed by atoms with Gasteiger partial charge in [-0.1, -0.05) is 205 Å². The number of benzene rings is 16. The predicted molar refractivity (Wildman–Crippen MR) is 462 cm³/mol. The molecule has 0 saturated carbocycles. The standard InChI is InChI=1S/2C25H17NO.2C25H17NS/c1-16-7-6-8-17(15-16)26-20-11-4-2-9-18(20)24-21(26)13-14-23-25(24)19-10-3-5-12-22(19)27-23;1-16-10-12-17(13-11-16)26-20-8-4-2-6-18(20)24-21(26)14-15-23-25(24)19-7-3-5-9-22(19)27-23;1-16-7-6-8-17(15-16)26-20-11-4-2-9-18(20)24-21(26)13-14-23-25(24)19-10-3-5-12-22(19)27-23;1-16-10-12-17(13-11-16)26-20-8-4-2-6-18(20)24-21(26)14-15-23-25(24)19-7-3-5-9-22(19)27-23/h4*2-15H,1H3. The molecule has 0 aliphatic heterocycles. The third-order valence-electron chi connectivity index (χ3n) is 21.8. The second-order valence-electron chi connectivity index (χ2n) is 28.5. The number of para-hydroxylation sites is 6. The minimum atomic E-state index is 0.937. The third kappa shape index (κ3) is 10.1. The molecule has 24 rings (SSSR count). The zero-order chi connectivity index (χ0) is 71.8. The maximum Gasteiger partial charge on any atom is 0.136 e. The Kier molecular flexibility index (Phi) is 14.8. The maximum atomic E-state index is 6.13. The van der Waals surface area contributed by atoms with Crippen molar-refractivity contribution in [1.82, 2.24) is 18.3 Å². The van der Waals surface area contributed by atoms with E-state index in [1.165, 1.54) is 194 Å². The molecule has 0 spiro atoms. The molecule has 0 aliphatic carbocycles. The van der Waals surface area contributed by atoms with Crippen LogP contribution >= 0.6 is 22.7 Å². The van der Waals surface area contributed by atoms with E-state index >= 15 is 0 Å². The number of thiophene rings is 2. The van der Waals surface area contributed by atoms with Gasteiger partial charge >= 0.3 is 0 Å². The second kappa shape index (κ2) is 25.2. The fraction of sp³-hybridized carbons (Fsp3) is 0.0400. The van der Waals surface area contributed by atoms with Crippen molar-refractivity contribution >= 4 is 194 Å². The molecule has 0 N–H and O–H groups in total. The summed E-state index contributed by atoms with van der Waals surface area (Å²) in [6, 6.07) is 122. The van der Waals surface area contributed by atoms with Gasteiger partial charge in [-0.15, -0.1) is 22.7 Å². The Morgan fingerprint density at radius 2 is 0.491 bits per heavy atom. The fourth-order valence-corrected chi connectivity index (χ4v) is 19.4. The second-order valence-corrected chi connectivity index (χ2v) is 30.7. The van der Waals surface area contributed by atoms with E-state index in [4.69, 9.17) is 8.83 Å². The summed E-state index contributed by atoms with van der Waals surface area (Å²) in [5.41, 5.74) is 23.6. The Labute approximate surface area is 629 Å². The van der Waals surface area contributed by atoms with Crippen molar-refractivity contribution in [2.45, 2.75) is 27.7 Å². The lowest BCUT2D eigenvalue weighted by Crippen LogP contribution is -1.93. The largest absolute Gasteiger partial charge is 0.456 e. The number of aromatic nitrogens is 4. The van der Waals surface area contributed by atoms with Crippen LogP contribution in [0.4, 0.5) is 0 Å². The van der Waals surface area contributed by atoms with Gasteiger partial charge in [-0.05, 0) is 184 Å². The van der Waals surface area contributed by atoms with Crippen LogP contribution < -0.4 is 0 Å². The van der Waals surface area contributed by atoms with Gasteiger partial charge in [-0.3, -0.25) is 0 Å². The summed E-state index contributed by atoms with van der Waals surface area (Å²) < 4.78 is 27.2. The zero-order valence-electron chi connectivity index (χ0n) is 59.8. The molecule has 8 aromatic heterocycles. The van der Waals surface area contributed by atoms with Crippen molar-refractivity contribution in [3.05, 3.63) is 362 Å². The zero-order valence-corrected chi connectivity index (χ0v) is 61.4. The Hall–Kier alpha value is -13.2. The smallest absolute Gasteiger partial charge is 0.136 e. The number of furan rings is 2. The highest BCUT2D eigenvalue weighted by atomic mass is 32.1. The van der Waals surface area contributed by atoms with Crippen LogP contribution in [0.15, 0.2) is 349 Å². The minimum absolute atomic E-state index is 0.937. The quantitative estimate of drug-likeness (QED) is 0.176. The molecule has 0 amide bonds. The van der Waals surface area contributed by atoms with Crippen LogP contribution in [0.25, 0.3) is 194 Å². The molecule has 108 heavy (non-hydrogen) atoms. The highest BCUT2D eigenvalue weighted by Gasteiger charge is 2.23. The number of fused-ring (bicyclic) bond motifs is 28. The van der Waals surface area contributed by atoms with Crippen molar-refractivity contribution in [1.29, 1.82) is 0 Å². The van der Waals surface area contributed by atoms with Gasteiger partial charge in [0.15, 0.2) is 0 Å². The van der Waals surface area contributed by atoms with E-state index in [0.29, 0.717) is 0 Å². The van der Waals surface area contributed by atoms with Crippen LogP contribution in [0.5, 0.6) is 0 Å². The van der Waals surface area contributed by atoms with Crippen molar-refractivity contribution in [3.63, 3.8) is 0 Å². The maximum absolute atomic E-state index is 6.13. The van der Waals surface area contributed by atoms with E-state index < -0.39 is 0 Å². The Morgan fingerprint density at radius 1 is 0.185 bits per heavy atom. The molecular weight excluding hydrogens is 1350 g/mol. The Bertz CT molecular complexity index is 7280. The summed E-state index contributed by atoms with van der Waals surface area (Å²) in [6.07, 6.45) is 0. The van der Waals surface area contributed by atoms with Gasteiger partial charge in [0.05, 0.1) is 44.1 Å². The molecule has 0 radical (unpaired) electrons. The van der Waals surface area contributed by atoms with Crippen molar-refractivity contribution in [2.75, 3.05) is 0 Å². The van der Waals surface area contributed by atoms with Crippen LogP contribution in [-0.4, -0.2) is 18.3 Å². The summed E-state index contributed by atoms with van der Waals surface area (Å²) in [5.74, 6) is 0. The topological polar surface area (TPSA) is 46.0 Å². The van der Waals surface area contributed by atoms with E-state index in [1.54, 1.807) is 0 Å². The SMILES string of the molecule is Cc1ccc(-n2c3ccccc3c3c4c(ccc32)oc2ccccc24)cc1.Cc1ccc(-n2c3ccccc3c3c4c(ccc32)sc2ccccc24)cc1.Cc1cccc(-n2c3ccccc3c3c4c(ccc32)oc2ccccc24)c1.Cc1cccc(-n2c3ccccc3c3c4c(ccc32)sc2ccccc24)c1. The van der Waals surface area contributed by atoms with Gasteiger partial charge < -0.3 is 27.1 Å². The summed E-state index contributed by atoms with van der Waals surface area (Å²) in [7, 11) is 0. The molecule has 16 aromatic carbocycles. The van der Waals surface area contributed by atoms with Crippen molar-refractivity contribution in [2.24, 2.45) is 0 Å². The first kappa shape index (κ1) is 63.3. The van der Waals surface area contributed by atoms with Crippen LogP contribution in [0.3, 0.4) is 0 Å². The van der Waals surface area contributed by atoms with Gasteiger partial charge in [0, 0.05) is 128 Å². The van der Waals surface area contributed by atoms with Crippen LogP contribution in [-0.2, 0) is 0 Å². The number of hydrogen-bond donors (Lipinski definition) is 0. The summed E-state index contributed by atoms with van der Waals surface area (Å²) in [5, 5.41) is 20.6. The lowest BCUT2D eigenvalue weighted by molar-refractivity contribution is 0.669. The summed E-state index contributed by atoms with van der Waals surface area (Å²) >= 11 is 3.77. The first-order valence-electron chi connectivity index (χ1n) is 36.9. The third-order valence-corrected chi connectivity index (χ3v) is 24.1. The van der Waals surface area contributed by atoms with Crippen molar-refractivity contribution in [3.8, 4) is 22.7 Å². The molecule has 0 saturated heterocycles. The van der Waals surface area contributed by atoms with Gasteiger partial charge in [-0.25, -0.2) is 0 Å². The lowest BCUT2D eigenvalue weighted by atomic mass is 10.1. The van der Waals surface area contributed by atoms with Gasteiger partial charge in [-0.2, -0.15) is 0 Å². The van der Waals surface area contributed by atoms with E-state index in [1.807, 2.05) is 46.9 Å². The van der Waals surface area contributed by atoms with Crippen LogP contribution in [0, 0.1) is 27.7 Å². The highest BCUT2D eigenvalue weighted by Crippen LogP contribution is 2.48. The van der Waals surface area contributed by atoms with E-state index in [-0.39, 0.29) is 0 Å². The van der Waals surface area contributed by atoms with E-state index in [9.17, 15) is 0 Å². The predicted octanol–water partition coefficient (Wildman–Crippen LogP) is 28.9. The molecule has 8 heteroatoms. The van der Waals surface area contributed by atoms with E-state index in [0.717, 1.165) is 22.3 Å². The molecule has 8 heterocycles. The summed E-state index contributed by atoms with van der Waals surface area (Å²) in [6.45, 7) is 8.55. The first-order valence-corrected chi connectivity index (χ1v) is 38.5. The number of rotatable bonds is 4. The van der Waals surface area contributed by atoms with Gasteiger partial charge in [0.1, 0.15) is 22.3 Å².